The highest BCUT2D eigenvalue weighted by atomic mass is 35.5. The Morgan fingerprint density at radius 3 is 3.06 bits per heavy atom. The first-order chi connectivity index (χ1) is 7.78. The third-order valence-corrected chi connectivity index (χ3v) is 3.33. The molecule has 0 aromatic carbocycles. The number of rotatable bonds is 4. The van der Waals surface area contributed by atoms with Gasteiger partial charge in [0.1, 0.15) is 5.15 Å². The SMILES string of the molecule is OCCC1CCN(Cc2ccc(Cl)nc2)C1. The number of aliphatic hydroxyl groups excluding tert-OH is 1. The molecule has 2 rings (SSSR count). The third kappa shape index (κ3) is 3.17. The van der Waals surface area contributed by atoms with E-state index in [1.54, 1.807) is 0 Å². The van der Waals surface area contributed by atoms with Crippen molar-refractivity contribution in [1.82, 2.24) is 9.88 Å². The van der Waals surface area contributed by atoms with Crippen LogP contribution >= 0.6 is 11.6 Å². The van der Waals surface area contributed by atoms with E-state index >= 15 is 0 Å². The van der Waals surface area contributed by atoms with Crippen LogP contribution in [-0.4, -0.2) is 34.7 Å². The first-order valence-corrected chi connectivity index (χ1v) is 6.09. The summed E-state index contributed by atoms with van der Waals surface area (Å²) in [4.78, 5) is 6.48. The third-order valence-electron chi connectivity index (χ3n) is 3.10. The molecule has 0 aliphatic carbocycles. The van der Waals surface area contributed by atoms with Gasteiger partial charge in [0.2, 0.25) is 0 Å². The molecule has 88 valence electrons. The van der Waals surface area contributed by atoms with Crippen LogP contribution in [0, 0.1) is 5.92 Å². The molecule has 1 aliphatic rings. The lowest BCUT2D eigenvalue weighted by Crippen LogP contribution is -2.20. The van der Waals surface area contributed by atoms with Crippen LogP contribution in [0.15, 0.2) is 18.3 Å². The normalized spacial score (nSPS) is 21.5. The van der Waals surface area contributed by atoms with Crippen LogP contribution in [0.25, 0.3) is 0 Å². The van der Waals surface area contributed by atoms with Crippen molar-refractivity contribution in [2.75, 3.05) is 19.7 Å². The van der Waals surface area contributed by atoms with Crippen molar-refractivity contribution in [2.24, 2.45) is 5.92 Å². The number of halogens is 1. The zero-order valence-electron chi connectivity index (χ0n) is 9.27. The molecule has 16 heavy (non-hydrogen) atoms. The van der Waals surface area contributed by atoms with Gasteiger partial charge in [-0.05, 0) is 36.9 Å². The largest absolute Gasteiger partial charge is 0.396 e. The molecule has 0 spiro atoms. The summed E-state index contributed by atoms with van der Waals surface area (Å²) in [6, 6.07) is 3.85. The summed E-state index contributed by atoms with van der Waals surface area (Å²) in [5, 5.41) is 9.43. The molecule has 3 nitrogen and oxygen atoms in total. The minimum atomic E-state index is 0.307. The van der Waals surface area contributed by atoms with E-state index in [1.165, 1.54) is 12.0 Å². The Bertz CT molecular complexity index is 328. The molecule has 4 heteroatoms. The highest BCUT2D eigenvalue weighted by Crippen LogP contribution is 2.21. The van der Waals surface area contributed by atoms with Crippen molar-refractivity contribution in [3.63, 3.8) is 0 Å². The van der Waals surface area contributed by atoms with Gasteiger partial charge < -0.3 is 5.11 Å². The molecule has 1 N–H and O–H groups in total. The molecular weight excluding hydrogens is 224 g/mol. The lowest BCUT2D eigenvalue weighted by atomic mass is 10.1. The summed E-state index contributed by atoms with van der Waals surface area (Å²) in [5.41, 5.74) is 1.20. The van der Waals surface area contributed by atoms with Crippen molar-refractivity contribution in [1.29, 1.82) is 0 Å². The standard InChI is InChI=1S/C12H17ClN2O/c13-12-2-1-11(7-14-12)9-15-5-3-10(8-15)4-6-16/h1-2,7,10,16H,3-6,8-9H2. The molecular formula is C12H17ClN2O. The zero-order valence-corrected chi connectivity index (χ0v) is 10.0. The van der Waals surface area contributed by atoms with Crippen LogP contribution in [0.2, 0.25) is 5.15 Å². The number of aromatic nitrogens is 1. The predicted octanol–water partition coefficient (Wildman–Crippen LogP) is 1.94. The van der Waals surface area contributed by atoms with Crippen LogP contribution in [-0.2, 0) is 6.54 Å². The van der Waals surface area contributed by atoms with Crippen LogP contribution < -0.4 is 0 Å². The average molecular weight is 241 g/mol. The molecule has 0 saturated carbocycles. The molecule has 1 aromatic rings. The Kier molecular flexibility index (Phi) is 4.16. The van der Waals surface area contributed by atoms with Crippen molar-refractivity contribution in [2.45, 2.75) is 19.4 Å². The van der Waals surface area contributed by atoms with Gasteiger partial charge in [0.05, 0.1) is 0 Å². The van der Waals surface area contributed by atoms with E-state index in [4.69, 9.17) is 16.7 Å². The zero-order chi connectivity index (χ0) is 11.4. The Morgan fingerprint density at radius 1 is 1.50 bits per heavy atom. The molecule has 1 aromatic heterocycles. The van der Waals surface area contributed by atoms with E-state index in [0.717, 1.165) is 26.1 Å². The molecule has 1 aliphatic heterocycles. The molecule has 1 unspecified atom stereocenters. The Morgan fingerprint density at radius 2 is 2.38 bits per heavy atom. The summed E-state index contributed by atoms with van der Waals surface area (Å²) in [6.07, 6.45) is 3.96. The fraction of sp³-hybridized carbons (Fsp3) is 0.583. The smallest absolute Gasteiger partial charge is 0.129 e. The maximum absolute atomic E-state index is 8.89. The van der Waals surface area contributed by atoms with Gasteiger partial charge in [-0.1, -0.05) is 17.7 Å². The molecule has 1 saturated heterocycles. The van der Waals surface area contributed by atoms with E-state index < -0.39 is 0 Å². The van der Waals surface area contributed by atoms with Gasteiger partial charge >= 0.3 is 0 Å². The lowest BCUT2D eigenvalue weighted by Gasteiger charge is -2.15. The summed E-state index contributed by atoms with van der Waals surface area (Å²) < 4.78 is 0. The van der Waals surface area contributed by atoms with Crippen LogP contribution in [0.3, 0.4) is 0 Å². The average Bonchev–Trinajstić information content (AvgIpc) is 2.70. The van der Waals surface area contributed by atoms with Crippen molar-refractivity contribution >= 4 is 11.6 Å². The number of hydrogen-bond donors (Lipinski definition) is 1. The summed E-state index contributed by atoms with van der Waals surface area (Å²) in [5.74, 6) is 0.658. The Balaban J connectivity index is 1.84. The summed E-state index contributed by atoms with van der Waals surface area (Å²) >= 11 is 5.74. The molecule has 1 atom stereocenters. The van der Waals surface area contributed by atoms with Gasteiger partial charge in [-0.25, -0.2) is 4.98 Å². The maximum atomic E-state index is 8.89. The van der Waals surface area contributed by atoms with E-state index in [-0.39, 0.29) is 0 Å². The second-order valence-corrected chi connectivity index (χ2v) is 4.78. The van der Waals surface area contributed by atoms with Crippen LogP contribution in [0.5, 0.6) is 0 Å². The van der Waals surface area contributed by atoms with Crippen molar-refractivity contribution < 1.29 is 5.11 Å². The van der Waals surface area contributed by atoms with Crippen LogP contribution in [0.1, 0.15) is 18.4 Å². The van der Waals surface area contributed by atoms with Crippen molar-refractivity contribution in [3.05, 3.63) is 29.0 Å². The van der Waals surface area contributed by atoms with E-state index in [1.807, 2.05) is 18.3 Å². The maximum Gasteiger partial charge on any atom is 0.129 e. The lowest BCUT2D eigenvalue weighted by molar-refractivity contribution is 0.249. The van der Waals surface area contributed by atoms with E-state index in [0.29, 0.717) is 17.7 Å². The quantitative estimate of drug-likeness (QED) is 0.818. The topological polar surface area (TPSA) is 36.4 Å². The Labute approximate surface area is 101 Å². The van der Waals surface area contributed by atoms with Crippen LogP contribution in [0.4, 0.5) is 0 Å². The minimum absolute atomic E-state index is 0.307. The first kappa shape index (κ1) is 11.8. The molecule has 0 bridgehead atoms. The number of aliphatic hydroxyl groups is 1. The van der Waals surface area contributed by atoms with Crippen molar-refractivity contribution in [3.8, 4) is 0 Å². The monoisotopic (exact) mass is 240 g/mol. The Hall–Kier alpha value is -0.640. The van der Waals surface area contributed by atoms with Gasteiger partial charge in [0.25, 0.3) is 0 Å². The van der Waals surface area contributed by atoms with Gasteiger partial charge in [0.15, 0.2) is 0 Å². The number of hydrogen-bond acceptors (Lipinski definition) is 3. The fourth-order valence-corrected chi connectivity index (χ4v) is 2.34. The number of pyridine rings is 1. The molecule has 0 radical (unpaired) electrons. The molecule has 1 fully saturated rings. The van der Waals surface area contributed by atoms with Gasteiger partial charge in [-0.2, -0.15) is 0 Å². The summed E-state index contributed by atoms with van der Waals surface area (Å²) in [7, 11) is 0. The van der Waals surface area contributed by atoms with Gasteiger partial charge in [-0.15, -0.1) is 0 Å². The van der Waals surface area contributed by atoms with E-state index in [2.05, 4.69) is 9.88 Å². The number of likely N-dealkylation sites (tertiary alicyclic amines) is 1. The van der Waals surface area contributed by atoms with Gasteiger partial charge in [0, 0.05) is 25.9 Å². The summed E-state index contributed by atoms with van der Waals surface area (Å²) in [6.45, 7) is 3.45. The fourth-order valence-electron chi connectivity index (χ4n) is 2.23. The number of nitrogens with zero attached hydrogens (tertiary/aromatic N) is 2. The molecule has 0 amide bonds. The minimum Gasteiger partial charge on any atom is -0.396 e. The highest BCUT2D eigenvalue weighted by molar-refractivity contribution is 6.29. The predicted molar refractivity (Wildman–Crippen MR) is 64.3 cm³/mol. The van der Waals surface area contributed by atoms with Gasteiger partial charge in [-0.3, -0.25) is 4.90 Å². The second-order valence-electron chi connectivity index (χ2n) is 4.39. The second kappa shape index (κ2) is 5.62. The first-order valence-electron chi connectivity index (χ1n) is 5.71. The highest BCUT2D eigenvalue weighted by Gasteiger charge is 2.21. The molecule has 2 heterocycles. The van der Waals surface area contributed by atoms with E-state index in [9.17, 15) is 0 Å².